The van der Waals surface area contributed by atoms with Crippen molar-refractivity contribution in [3.05, 3.63) is 30.1 Å². The molecule has 26 heavy (non-hydrogen) atoms. The molecule has 0 radical (unpaired) electrons. The van der Waals surface area contributed by atoms with Gasteiger partial charge in [0.05, 0.1) is 17.1 Å². The van der Waals surface area contributed by atoms with E-state index < -0.39 is 11.6 Å². The number of pyridine rings is 1. The van der Waals surface area contributed by atoms with Crippen LogP contribution in [0.4, 0.5) is 10.7 Å². The zero-order valence-corrected chi connectivity index (χ0v) is 15.5. The molecular formula is C18H25N5O3. The van der Waals surface area contributed by atoms with Gasteiger partial charge < -0.3 is 15.6 Å². The van der Waals surface area contributed by atoms with Crippen LogP contribution in [0.5, 0.6) is 5.75 Å². The summed E-state index contributed by atoms with van der Waals surface area (Å²) in [5, 5.41) is 10.9. The van der Waals surface area contributed by atoms with E-state index in [4.69, 9.17) is 15.6 Å². The maximum atomic E-state index is 10.7. The highest BCUT2D eigenvalue weighted by Crippen LogP contribution is 2.23. The summed E-state index contributed by atoms with van der Waals surface area (Å²) < 4.78 is 5.86. The topological polar surface area (TPSA) is 123 Å². The van der Waals surface area contributed by atoms with E-state index in [0.717, 1.165) is 6.42 Å². The van der Waals surface area contributed by atoms with Gasteiger partial charge in [-0.3, -0.25) is 5.32 Å². The summed E-state index contributed by atoms with van der Waals surface area (Å²) in [6.07, 6.45) is 1.11. The van der Waals surface area contributed by atoms with Crippen molar-refractivity contribution in [2.24, 2.45) is 11.7 Å². The minimum Gasteiger partial charge on any atom is -0.490 e. The third kappa shape index (κ3) is 5.66. The molecule has 0 saturated heterocycles. The van der Waals surface area contributed by atoms with Gasteiger partial charge >= 0.3 is 6.09 Å². The number of rotatable bonds is 7. The lowest BCUT2D eigenvalue weighted by molar-refractivity contribution is 0.205. The molecule has 2 aromatic heterocycles. The largest absolute Gasteiger partial charge is 0.490 e. The second-order valence-electron chi connectivity index (χ2n) is 7.02. The van der Waals surface area contributed by atoms with Gasteiger partial charge in [0.15, 0.2) is 0 Å². The lowest BCUT2D eigenvalue weighted by atomic mass is 9.93. The third-order valence-electron chi connectivity index (χ3n) is 3.61. The first kappa shape index (κ1) is 19.6. The normalized spacial score (nSPS) is 13.3. The fraction of sp³-hybridized carbons (Fsp3) is 0.444. The van der Waals surface area contributed by atoms with Crippen LogP contribution in [0.2, 0.25) is 0 Å². The van der Waals surface area contributed by atoms with E-state index in [1.165, 1.54) is 6.20 Å². The summed E-state index contributed by atoms with van der Waals surface area (Å²) in [5.41, 5.74) is 7.68. The van der Waals surface area contributed by atoms with E-state index in [1.807, 2.05) is 19.9 Å². The van der Waals surface area contributed by atoms with Crippen LogP contribution in [0.25, 0.3) is 11.4 Å². The van der Waals surface area contributed by atoms with E-state index in [9.17, 15) is 4.79 Å². The van der Waals surface area contributed by atoms with Crippen LogP contribution in [-0.4, -0.2) is 38.3 Å². The summed E-state index contributed by atoms with van der Waals surface area (Å²) in [7, 11) is 0. The minimum absolute atomic E-state index is 0.00219. The summed E-state index contributed by atoms with van der Waals surface area (Å²) in [6.45, 7) is 8.46. The van der Waals surface area contributed by atoms with Gasteiger partial charge in [0.25, 0.3) is 0 Å². The Morgan fingerprint density at radius 3 is 2.62 bits per heavy atom. The van der Waals surface area contributed by atoms with Crippen molar-refractivity contribution < 1.29 is 14.6 Å². The maximum absolute atomic E-state index is 10.7. The zero-order valence-electron chi connectivity index (χ0n) is 15.5. The van der Waals surface area contributed by atoms with E-state index in [0.29, 0.717) is 35.4 Å². The Kier molecular flexibility index (Phi) is 6.10. The van der Waals surface area contributed by atoms with Crippen LogP contribution < -0.4 is 15.8 Å². The molecule has 8 heteroatoms. The molecule has 0 fully saturated rings. The van der Waals surface area contributed by atoms with Crippen LogP contribution >= 0.6 is 0 Å². The summed E-state index contributed by atoms with van der Waals surface area (Å²) in [4.78, 5) is 23.2. The Balaban J connectivity index is 2.13. The molecule has 0 saturated carbocycles. The van der Waals surface area contributed by atoms with Crippen molar-refractivity contribution in [3.8, 4) is 17.1 Å². The predicted octanol–water partition coefficient (Wildman–Crippen LogP) is 3.08. The van der Waals surface area contributed by atoms with E-state index in [-0.39, 0.29) is 5.95 Å². The maximum Gasteiger partial charge on any atom is 0.411 e. The molecule has 0 aliphatic carbocycles. The Labute approximate surface area is 152 Å². The van der Waals surface area contributed by atoms with E-state index >= 15 is 0 Å². The summed E-state index contributed by atoms with van der Waals surface area (Å²) in [6, 6.07) is 5.25. The Hall–Kier alpha value is -2.74. The van der Waals surface area contributed by atoms with Crippen LogP contribution in [0, 0.1) is 12.8 Å². The first-order valence-electron chi connectivity index (χ1n) is 8.39. The first-order chi connectivity index (χ1) is 12.2. The number of nitrogens with one attached hydrogen (secondary N) is 1. The SMILES string of the molecule is Cc1nc(-c2ccnc(NC(=O)O)n2)ccc1OCC(C)(N)CC(C)C. The standard InChI is InChI=1S/C18H25N5O3/c1-11(2)9-18(4,19)10-26-15-6-5-13(21-12(15)3)14-7-8-20-16(22-14)23-17(24)25/h5-8,11H,9-10,19H2,1-4H3,(H,24,25)(H,20,22,23). The molecule has 8 nitrogen and oxygen atoms in total. The Bertz CT molecular complexity index is 777. The molecule has 0 aliphatic rings. The molecule has 4 N–H and O–H groups in total. The molecule has 0 aliphatic heterocycles. The van der Waals surface area contributed by atoms with Crippen molar-refractivity contribution in [2.75, 3.05) is 11.9 Å². The number of ether oxygens (including phenoxy) is 1. The van der Waals surface area contributed by atoms with Crippen LogP contribution in [-0.2, 0) is 0 Å². The second-order valence-corrected chi connectivity index (χ2v) is 7.02. The van der Waals surface area contributed by atoms with Crippen molar-refractivity contribution >= 4 is 12.0 Å². The number of hydrogen-bond donors (Lipinski definition) is 3. The highest BCUT2D eigenvalue weighted by atomic mass is 16.5. The molecule has 0 aromatic carbocycles. The smallest absolute Gasteiger partial charge is 0.411 e. The average molecular weight is 359 g/mol. The number of carboxylic acid groups (broad SMARTS) is 1. The van der Waals surface area contributed by atoms with Gasteiger partial charge in [0.1, 0.15) is 12.4 Å². The van der Waals surface area contributed by atoms with Crippen LogP contribution in [0.3, 0.4) is 0 Å². The zero-order chi connectivity index (χ0) is 19.3. The molecule has 1 atom stereocenters. The molecule has 0 spiro atoms. The second kappa shape index (κ2) is 8.09. The fourth-order valence-electron chi connectivity index (χ4n) is 2.73. The molecular weight excluding hydrogens is 334 g/mol. The van der Waals surface area contributed by atoms with Gasteiger partial charge in [-0.25, -0.2) is 19.7 Å². The van der Waals surface area contributed by atoms with Gasteiger partial charge in [0, 0.05) is 11.7 Å². The fourth-order valence-corrected chi connectivity index (χ4v) is 2.73. The molecule has 0 bridgehead atoms. The molecule has 2 rings (SSSR count). The molecule has 2 heterocycles. The van der Waals surface area contributed by atoms with Crippen molar-refractivity contribution in [1.29, 1.82) is 0 Å². The number of hydrogen-bond acceptors (Lipinski definition) is 6. The highest BCUT2D eigenvalue weighted by Gasteiger charge is 2.21. The van der Waals surface area contributed by atoms with Crippen LogP contribution in [0.1, 0.15) is 32.9 Å². The van der Waals surface area contributed by atoms with Crippen molar-refractivity contribution in [3.63, 3.8) is 0 Å². The van der Waals surface area contributed by atoms with Gasteiger partial charge in [-0.1, -0.05) is 13.8 Å². The monoisotopic (exact) mass is 359 g/mol. The van der Waals surface area contributed by atoms with Crippen molar-refractivity contribution in [2.45, 2.75) is 39.7 Å². The number of aryl methyl sites for hydroxylation is 1. The van der Waals surface area contributed by atoms with Gasteiger partial charge in [-0.2, -0.15) is 0 Å². The number of amides is 1. The van der Waals surface area contributed by atoms with Gasteiger partial charge in [-0.05, 0) is 44.4 Å². The van der Waals surface area contributed by atoms with E-state index in [1.54, 1.807) is 12.1 Å². The van der Waals surface area contributed by atoms with Crippen LogP contribution in [0.15, 0.2) is 24.4 Å². The number of nitrogens with two attached hydrogens (primary N) is 1. The molecule has 1 amide bonds. The number of aromatic nitrogens is 3. The lowest BCUT2D eigenvalue weighted by Crippen LogP contribution is -2.43. The van der Waals surface area contributed by atoms with Gasteiger partial charge in [0.2, 0.25) is 5.95 Å². The lowest BCUT2D eigenvalue weighted by Gasteiger charge is -2.26. The third-order valence-corrected chi connectivity index (χ3v) is 3.61. The highest BCUT2D eigenvalue weighted by molar-refractivity contribution is 5.80. The predicted molar refractivity (Wildman–Crippen MR) is 99.2 cm³/mol. The Morgan fingerprint density at radius 2 is 2.00 bits per heavy atom. The van der Waals surface area contributed by atoms with Crippen molar-refractivity contribution in [1.82, 2.24) is 15.0 Å². The summed E-state index contributed by atoms with van der Waals surface area (Å²) in [5.74, 6) is 1.15. The number of anilines is 1. The molecule has 1 unspecified atom stereocenters. The minimum atomic E-state index is -1.22. The summed E-state index contributed by atoms with van der Waals surface area (Å²) >= 11 is 0. The van der Waals surface area contributed by atoms with Gasteiger partial charge in [-0.15, -0.1) is 0 Å². The number of nitrogens with zero attached hydrogens (tertiary/aromatic N) is 3. The first-order valence-corrected chi connectivity index (χ1v) is 8.39. The molecule has 2 aromatic rings. The Morgan fingerprint density at radius 1 is 1.31 bits per heavy atom. The quantitative estimate of drug-likeness (QED) is 0.694. The molecule has 140 valence electrons. The average Bonchev–Trinajstić information content (AvgIpc) is 2.52. The van der Waals surface area contributed by atoms with E-state index in [2.05, 4.69) is 34.1 Å². The number of carbonyl (C=O) groups is 1.